The van der Waals surface area contributed by atoms with E-state index in [4.69, 9.17) is 0 Å². The van der Waals surface area contributed by atoms with E-state index < -0.39 is 0 Å². The first-order valence-corrected chi connectivity index (χ1v) is 3.47. The van der Waals surface area contributed by atoms with Gasteiger partial charge in [0, 0.05) is 6.54 Å². The molecule has 0 N–H and O–H groups in total. The molecule has 0 amide bonds. The fraction of sp³-hybridized carbons (Fsp3) is 0.333. The zero-order valence-corrected chi connectivity index (χ0v) is 16.8. The minimum Gasteiger partial charge on any atom is -1.00 e. The first kappa shape index (κ1) is 25.3. The predicted molar refractivity (Wildman–Crippen MR) is 54.4 cm³/mol. The topological polar surface area (TPSA) is 3.24 Å². The smallest absolute Gasteiger partial charge is 1.00 e. The fourth-order valence-electron chi connectivity index (χ4n) is 0.949. The van der Waals surface area contributed by atoms with Crippen molar-refractivity contribution in [2.24, 2.45) is 0 Å². The van der Waals surface area contributed by atoms with Gasteiger partial charge in [0.05, 0.1) is 0 Å². The third kappa shape index (κ3) is 12.5. The molecule has 0 saturated carbocycles. The van der Waals surface area contributed by atoms with E-state index in [1.807, 2.05) is 6.07 Å². The summed E-state index contributed by atoms with van der Waals surface area (Å²) in [5, 5.41) is 0. The van der Waals surface area contributed by atoms with E-state index in [9.17, 15) is 0 Å². The Labute approximate surface area is 164 Å². The van der Waals surface area contributed by atoms with Crippen LogP contribution in [0.1, 0.15) is 9.84 Å². The Morgan fingerprint density at radius 1 is 1.00 bits per heavy atom. The number of hydrogen-bond donors (Lipinski definition) is 0. The second-order valence-corrected chi connectivity index (χ2v) is 2.72. The second kappa shape index (κ2) is 15.5. The second-order valence-electron chi connectivity index (χ2n) is 2.72. The Kier molecular flexibility index (Phi) is 28.0. The standard InChI is InChI=1S/C9H13N.ClH.3Na.3H/c1-10(2)8-9-6-4-3-5-7-9;;;;;;;/h3-7H,8H2,1-2H3;1H;;;;;;/q;;3*+1;3*-1. The molecule has 0 heterocycles. The summed E-state index contributed by atoms with van der Waals surface area (Å²) in [5.41, 5.74) is 1.37. The van der Waals surface area contributed by atoms with Crippen molar-refractivity contribution in [3.05, 3.63) is 35.9 Å². The number of nitrogens with zero attached hydrogens (tertiary/aromatic N) is 1. The maximum absolute atomic E-state index is 2.16. The molecule has 1 nitrogen and oxygen atoms in total. The van der Waals surface area contributed by atoms with Crippen LogP contribution in [0, 0.1) is 0 Å². The van der Waals surface area contributed by atoms with Crippen molar-refractivity contribution in [3.8, 4) is 0 Å². The molecule has 1 aromatic carbocycles. The molecule has 0 saturated heterocycles. The molecule has 5 heteroatoms. The minimum atomic E-state index is 0. The number of hydrogen-bond acceptors (Lipinski definition) is 1. The fourth-order valence-corrected chi connectivity index (χ4v) is 0.949. The van der Waals surface area contributed by atoms with E-state index in [-0.39, 0.29) is 105 Å². The van der Waals surface area contributed by atoms with Gasteiger partial charge in [-0.2, -0.15) is 0 Å². The number of halogens is 1. The van der Waals surface area contributed by atoms with Crippen molar-refractivity contribution in [2.45, 2.75) is 6.54 Å². The summed E-state index contributed by atoms with van der Waals surface area (Å²) in [6.45, 7) is 1.03. The van der Waals surface area contributed by atoms with E-state index >= 15 is 0 Å². The summed E-state index contributed by atoms with van der Waals surface area (Å²) < 4.78 is 0. The SMILES string of the molecule is CN(C)Cc1ccccc1.Cl.[H-].[H-].[H-].[Na+].[Na+].[Na+]. The van der Waals surface area contributed by atoms with Crippen molar-refractivity contribution < 1.29 is 93.0 Å². The molecule has 0 aliphatic rings. The van der Waals surface area contributed by atoms with Gasteiger partial charge in [-0.3, -0.25) is 0 Å². The Bertz CT molecular complexity index is 206. The molecule has 0 aliphatic carbocycles. The van der Waals surface area contributed by atoms with E-state index in [0.717, 1.165) is 6.54 Å². The van der Waals surface area contributed by atoms with Crippen LogP contribution >= 0.6 is 12.4 Å². The molecule has 0 spiro atoms. The average Bonchev–Trinajstić information content (AvgIpc) is 1.88. The molecule has 0 aliphatic heterocycles. The van der Waals surface area contributed by atoms with Crippen molar-refractivity contribution in [1.29, 1.82) is 0 Å². The monoisotopic (exact) mass is 243 g/mol. The molecule has 1 rings (SSSR count). The van der Waals surface area contributed by atoms with Crippen LogP contribution < -0.4 is 88.7 Å². The summed E-state index contributed by atoms with van der Waals surface area (Å²) in [6, 6.07) is 10.5. The molecule has 0 aromatic heterocycles. The largest absolute Gasteiger partial charge is 1.00 e. The first-order valence-electron chi connectivity index (χ1n) is 3.47. The molecule has 0 unspecified atom stereocenters. The van der Waals surface area contributed by atoms with E-state index in [0.29, 0.717) is 0 Å². The zero-order chi connectivity index (χ0) is 7.40. The summed E-state index contributed by atoms with van der Waals surface area (Å²) >= 11 is 0. The molecule has 0 atom stereocenters. The Morgan fingerprint density at radius 3 is 1.79 bits per heavy atom. The predicted octanol–water partition coefficient (Wildman–Crippen LogP) is -6.48. The summed E-state index contributed by atoms with van der Waals surface area (Å²) in [5.74, 6) is 0. The van der Waals surface area contributed by atoms with Gasteiger partial charge in [0.2, 0.25) is 0 Å². The van der Waals surface area contributed by atoms with E-state index in [1.54, 1.807) is 0 Å². The maximum atomic E-state index is 2.16. The van der Waals surface area contributed by atoms with Crippen LogP contribution in [0.15, 0.2) is 30.3 Å². The van der Waals surface area contributed by atoms with Crippen molar-refractivity contribution >= 4 is 12.4 Å². The number of benzene rings is 1. The van der Waals surface area contributed by atoms with E-state index in [2.05, 4.69) is 43.3 Å². The zero-order valence-electron chi connectivity index (χ0n) is 12.9. The van der Waals surface area contributed by atoms with Crippen LogP contribution in [0.4, 0.5) is 0 Å². The maximum Gasteiger partial charge on any atom is 1.00 e. The van der Waals surface area contributed by atoms with Gasteiger partial charge in [-0.05, 0) is 19.7 Å². The Balaban J connectivity index is -0.0000000286. The van der Waals surface area contributed by atoms with Crippen molar-refractivity contribution in [2.75, 3.05) is 14.1 Å². The van der Waals surface area contributed by atoms with Gasteiger partial charge in [0.15, 0.2) is 0 Å². The molecule has 14 heavy (non-hydrogen) atoms. The van der Waals surface area contributed by atoms with Crippen LogP contribution in [0.5, 0.6) is 0 Å². The molecule has 0 bridgehead atoms. The third-order valence-electron chi connectivity index (χ3n) is 1.34. The van der Waals surface area contributed by atoms with Crippen LogP contribution in [0.25, 0.3) is 0 Å². The summed E-state index contributed by atoms with van der Waals surface area (Å²) in [7, 11) is 4.15. The van der Waals surface area contributed by atoms with Gasteiger partial charge < -0.3 is 9.18 Å². The molecular formula is C9H17ClNNa3. The molecule has 68 valence electrons. The van der Waals surface area contributed by atoms with E-state index in [1.165, 1.54) is 5.56 Å². The van der Waals surface area contributed by atoms with Crippen molar-refractivity contribution in [3.63, 3.8) is 0 Å². The van der Waals surface area contributed by atoms with Gasteiger partial charge >= 0.3 is 88.7 Å². The molecular weight excluding hydrogens is 227 g/mol. The third-order valence-corrected chi connectivity index (χ3v) is 1.34. The van der Waals surface area contributed by atoms with Gasteiger partial charge in [-0.25, -0.2) is 0 Å². The van der Waals surface area contributed by atoms with Gasteiger partial charge in [-0.15, -0.1) is 12.4 Å². The Hall–Kier alpha value is 2.47. The number of rotatable bonds is 2. The van der Waals surface area contributed by atoms with Crippen molar-refractivity contribution in [1.82, 2.24) is 4.90 Å². The van der Waals surface area contributed by atoms with Crippen LogP contribution in [0.2, 0.25) is 0 Å². The van der Waals surface area contributed by atoms with Crippen LogP contribution in [-0.2, 0) is 6.54 Å². The van der Waals surface area contributed by atoms with Gasteiger partial charge in [0.1, 0.15) is 0 Å². The summed E-state index contributed by atoms with van der Waals surface area (Å²) in [4.78, 5) is 2.16. The Morgan fingerprint density at radius 2 is 1.43 bits per heavy atom. The quantitative estimate of drug-likeness (QED) is 0.467. The first-order chi connectivity index (χ1) is 4.79. The van der Waals surface area contributed by atoms with Gasteiger partial charge in [0.25, 0.3) is 0 Å². The molecule has 0 fully saturated rings. The molecule has 1 aromatic rings. The molecule has 0 radical (unpaired) electrons. The average molecular weight is 244 g/mol. The normalized spacial score (nSPS) is 7.36. The van der Waals surface area contributed by atoms with Gasteiger partial charge in [-0.1, -0.05) is 30.3 Å². The summed E-state index contributed by atoms with van der Waals surface area (Å²) in [6.07, 6.45) is 0. The van der Waals surface area contributed by atoms with Crippen LogP contribution in [-0.4, -0.2) is 19.0 Å². The van der Waals surface area contributed by atoms with Crippen LogP contribution in [0.3, 0.4) is 0 Å². The minimum absolute atomic E-state index is 0.